The lowest BCUT2D eigenvalue weighted by Gasteiger charge is -2.09. The number of nitrogens with one attached hydrogen (secondary N) is 1. The molecule has 0 radical (unpaired) electrons. The predicted octanol–water partition coefficient (Wildman–Crippen LogP) is 5.66. The number of benzene rings is 2. The van der Waals surface area contributed by atoms with Gasteiger partial charge in [-0.15, -0.1) is 0 Å². The van der Waals surface area contributed by atoms with E-state index in [0.717, 1.165) is 27.1 Å². The molecule has 0 bridgehead atoms. The molecular formula is C22H17BrN4O3S. The first-order valence-corrected chi connectivity index (χ1v) is 10.9. The molecule has 2 aromatic carbocycles. The molecule has 1 fully saturated rings. The Morgan fingerprint density at radius 1 is 1.16 bits per heavy atom. The predicted molar refractivity (Wildman–Crippen MR) is 127 cm³/mol. The highest BCUT2D eigenvalue weighted by Crippen LogP contribution is 2.31. The van der Waals surface area contributed by atoms with Crippen molar-refractivity contribution >= 4 is 56.2 Å². The van der Waals surface area contributed by atoms with Crippen molar-refractivity contribution in [3.63, 3.8) is 0 Å². The molecule has 1 aliphatic heterocycles. The third-order valence-corrected chi connectivity index (χ3v) is 6.20. The quantitative estimate of drug-likeness (QED) is 0.286. The third-order valence-electron chi connectivity index (χ3n) is 4.76. The van der Waals surface area contributed by atoms with E-state index in [-0.39, 0.29) is 11.6 Å². The van der Waals surface area contributed by atoms with Crippen molar-refractivity contribution in [2.24, 2.45) is 4.99 Å². The number of aliphatic imine (C=N–C) groups is 1. The van der Waals surface area contributed by atoms with Gasteiger partial charge in [-0.1, -0.05) is 22.0 Å². The molecule has 0 atom stereocenters. The lowest BCUT2D eigenvalue weighted by atomic mass is 10.2. The van der Waals surface area contributed by atoms with E-state index in [1.165, 1.54) is 23.9 Å². The Morgan fingerprint density at radius 3 is 2.61 bits per heavy atom. The Balaban J connectivity index is 1.64. The standard InChI is InChI=1S/C22H17BrN4O3S/c1-13-10-15(14(2)26(13)18-4-3-5-19(12-18)27(29)30)11-20-21(28)25-22(31-20)24-17-8-6-16(23)7-9-17/h3-12H,1-2H3,(H,24,25,28)/b20-11-. The van der Waals surface area contributed by atoms with Gasteiger partial charge in [0.1, 0.15) is 0 Å². The maximum atomic E-state index is 12.5. The molecule has 3 aromatic rings. The van der Waals surface area contributed by atoms with E-state index < -0.39 is 4.92 Å². The maximum absolute atomic E-state index is 12.5. The van der Waals surface area contributed by atoms with Gasteiger partial charge in [0, 0.05) is 28.0 Å². The number of rotatable bonds is 4. The first-order chi connectivity index (χ1) is 14.8. The molecule has 1 N–H and O–H groups in total. The summed E-state index contributed by atoms with van der Waals surface area (Å²) in [5, 5.41) is 14.4. The van der Waals surface area contributed by atoms with Crippen LogP contribution < -0.4 is 5.32 Å². The van der Waals surface area contributed by atoms with Crippen LogP contribution in [0.3, 0.4) is 0 Å². The number of thioether (sulfide) groups is 1. The molecule has 1 aromatic heterocycles. The third kappa shape index (κ3) is 4.47. The summed E-state index contributed by atoms with van der Waals surface area (Å²) < 4.78 is 2.90. The summed E-state index contributed by atoms with van der Waals surface area (Å²) >= 11 is 4.67. The molecule has 1 saturated heterocycles. The van der Waals surface area contributed by atoms with Gasteiger partial charge in [-0.3, -0.25) is 14.9 Å². The fourth-order valence-corrected chi connectivity index (χ4v) is 4.43. The molecular weight excluding hydrogens is 480 g/mol. The van der Waals surface area contributed by atoms with Crippen LogP contribution >= 0.6 is 27.7 Å². The van der Waals surface area contributed by atoms with Gasteiger partial charge in [-0.05, 0) is 73.6 Å². The average Bonchev–Trinajstić information content (AvgIpc) is 3.22. The molecule has 4 rings (SSSR count). The zero-order chi connectivity index (χ0) is 22.1. The molecule has 0 unspecified atom stereocenters. The van der Waals surface area contributed by atoms with E-state index in [4.69, 9.17) is 0 Å². The van der Waals surface area contributed by atoms with Gasteiger partial charge >= 0.3 is 0 Å². The Morgan fingerprint density at radius 2 is 1.90 bits per heavy atom. The number of nitro benzene ring substituents is 1. The van der Waals surface area contributed by atoms with Gasteiger partial charge in [0.05, 0.1) is 21.2 Å². The second-order valence-electron chi connectivity index (χ2n) is 6.90. The van der Waals surface area contributed by atoms with Gasteiger partial charge in [0.15, 0.2) is 5.17 Å². The number of nitro groups is 1. The topological polar surface area (TPSA) is 89.5 Å². The number of halogens is 1. The summed E-state index contributed by atoms with van der Waals surface area (Å²) in [7, 11) is 0. The number of carbonyl (C=O) groups is 1. The largest absolute Gasteiger partial charge is 0.318 e. The number of amidine groups is 1. The summed E-state index contributed by atoms with van der Waals surface area (Å²) in [6.07, 6.45) is 1.82. The zero-order valence-corrected chi connectivity index (χ0v) is 19.0. The van der Waals surface area contributed by atoms with Crippen LogP contribution in [0.15, 0.2) is 69.0 Å². The summed E-state index contributed by atoms with van der Waals surface area (Å²) in [6.45, 7) is 3.85. The lowest BCUT2D eigenvalue weighted by Crippen LogP contribution is -2.19. The number of amides is 1. The number of carbonyl (C=O) groups excluding carboxylic acids is 1. The summed E-state index contributed by atoms with van der Waals surface area (Å²) in [6, 6.07) is 15.9. The number of non-ortho nitro benzene ring substituents is 1. The first kappa shape index (κ1) is 21.1. The lowest BCUT2D eigenvalue weighted by molar-refractivity contribution is -0.384. The Bertz CT molecular complexity index is 1260. The van der Waals surface area contributed by atoms with Crippen LogP contribution in [0.5, 0.6) is 0 Å². The smallest absolute Gasteiger partial charge is 0.271 e. The first-order valence-electron chi connectivity index (χ1n) is 9.31. The van der Waals surface area contributed by atoms with Crippen LogP contribution in [0, 0.1) is 24.0 Å². The minimum atomic E-state index is -0.410. The van der Waals surface area contributed by atoms with Crippen LogP contribution in [0.25, 0.3) is 11.8 Å². The van der Waals surface area contributed by atoms with E-state index in [0.29, 0.717) is 15.8 Å². The molecule has 7 nitrogen and oxygen atoms in total. The van der Waals surface area contributed by atoms with Crippen molar-refractivity contribution in [3.05, 3.63) is 91.0 Å². The Labute approximate surface area is 191 Å². The normalized spacial score (nSPS) is 16.2. The van der Waals surface area contributed by atoms with Crippen molar-refractivity contribution in [2.75, 3.05) is 0 Å². The van der Waals surface area contributed by atoms with Crippen LogP contribution in [0.4, 0.5) is 11.4 Å². The van der Waals surface area contributed by atoms with Gasteiger partial charge in [-0.25, -0.2) is 4.99 Å². The van der Waals surface area contributed by atoms with Crippen LogP contribution in [0.1, 0.15) is 17.0 Å². The average molecular weight is 497 g/mol. The van der Waals surface area contributed by atoms with Crippen LogP contribution in [0.2, 0.25) is 0 Å². The number of hydrogen-bond acceptors (Lipinski definition) is 5. The molecule has 1 amide bonds. The minimum Gasteiger partial charge on any atom is -0.318 e. The molecule has 0 aliphatic carbocycles. The molecule has 1 aliphatic rings. The summed E-state index contributed by atoms with van der Waals surface area (Å²) in [5.74, 6) is -0.207. The summed E-state index contributed by atoms with van der Waals surface area (Å²) in [4.78, 5) is 28.2. The molecule has 0 spiro atoms. The summed E-state index contributed by atoms with van der Waals surface area (Å²) in [5.41, 5.74) is 4.15. The number of hydrogen-bond donors (Lipinski definition) is 1. The van der Waals surface area contributed by atoms with Gasteiger partial charge in [0.25, 0.3) is 11.6 Å². The number of aromatic nitrogens is 1. The van der Waals surface area contributed by atoms with Crippen LogP contribution in [-0.4, -0.2) is 20.6 Å². The zero-order valence-electron chi connectivity index (χ0n) is 16.6. The monoisotopic (exact) mass is 496 g/mol. The van der Waals surface area contributed by atoms with E-state index in [1.54, 1.807) is 6.07 Å². The van der Waals surface area contributed by atoms with E-state index in [1.807, 2.05) is 60.9 Å². The Kier molecular flexibility index (Phi) is 5.79. The SMILES string of the molecule is Cc1cc(/C=C2\SC(=Nc3ccc(Br)cc3)NC2=O)c(C)n1-c1cccc([N+](=O)[O-])c1. The molecule has 31 heavy (non-hydrogen) atoms. The van der Waals surface area contributed by atoms with Gasteiger partial charge < -0.3 is 9.88 Å². The highest BCUT2D eigenvalue weighted by Gasteiger charge is 2.24. The van der Waals surface area contributed by atoms with Gasteiger partial charge in [0.2, 0.25) is 0 Å². The fraction of sp³-hybridized carbons (Fsp3) is 0.0909. The van der Waals surface area contributed by atoms with Crippen molar-refractivity contribution in [1.29, 1.82) is 0 Å². The molecule has 9 heteroatoms. The molecule has 0 saturated carbocycles. The van der Waals surface area contributed by atoms with E-state index in [9.17, 15) is 14.9 Å². The van der Waals surface area contributed by atoms with Crippen molar-refractivity contribution in [3.8, 4) is 5.69 Å². The van der Waals surface area contributed by atoms with Gasteiger partial charge in [-0.2, -0.15) is 0 Å². The molecule has 2 heterocycles. The molecule has 156 valence electrons. The second kappa shape index (κ2) is 8.52. The second-order valence-corrected chi connectivity index (χ2v) is 8.84. The van der Waals surface area contributed by atoms with Crippen molar-refractivity contribution in [2.45, 2.75) is 13.8 Å². The van der Waals surface area contributed by atoms with E-state index in [2.05, 4.69) is 26.2 Å². The Hall–Kier alpha value is -3.17. The maximum Gasteiger partial charge on any atom is 0.271 e. The fourth-order valence-electron chi connectivity index (χ4n) is 3.33. The minimum absolute atomic E-state index is 0.0319. The number of aryl methyl sites for hydroxylation is 1. The van der Waals surface area contributed by atoms with E-state index >= 15 is 0 Å². The number of nitrogens with zero attached hydrogens (tertiary/aromatic N) is 3. The van der Waals surface area contributed by atoms with Crippen molar-refractivity contribution in [1.82, 2.24) is 9.88 Å². The highest BCUT2D eigenvalue weighted by molar-refractivity contribution is 9.10. The highest BCUT2D eigenvalue weighted by atomic mass is 79.9. The van der Waals surface area contributed by atoms with Crippen LogP contribution in [-0.2, 0) is 4.79 Å². The van der Waals surface area contributed by atoms with Crippen molar-refractivity contribution < 1.29 is 9.72 Å².